The first-order valence-corrected chi connectivity index (χ1v) is 10.2. The maximum atomic E-state index is 13.6. The summed E-state index contributed by atoms with van der Waals surface area (Å²) in [6, 6.07) is 1.53. The number of hydrogen-bond acceptors (Lipinski definition) is 10. The van der Waals surface area contributed by atoms with Gasteiger partial charge in [0.2, 0.25) is 12.4 Å². The van der Waals surface area contributed by atoms with Gasteiger partial charge in [-0.25, -0.2) is 9.59 Å². The molecule has 0 aromatic heterocycles. The van der Waals surface area contributed by atoms with Crippen molar-refractivity contribution >= 4 is 18.2 Å². The molecule has 1 aromatic rings. The van der Waals surface area contributed by atoms with E-state index in [1.807, 2.05) is 0 Å². The van der Waals surface area contributed by atoms with E-state index in [0.717, 1.165) is 19.1 Å². The van der Waals surface area contributed by atoms with Crippen LogP contribution in [0.25, 0.3) is 6.08 Å². The van der Waals surface area contributed by atoms with Crippen LogP contribution >= 0.6 is 0 Å². The summed E-state index contributed by atoms with van der Waals surface area (Å²) in [6.45, 7) is 3.06. The van der Waals surface area contributed by atoms with Crippen molar-refractivity contribution in [2.75, 3.05) is 6.61 Å². The zero-order valence-electron chi connectivity index (χ0n) is 19.2. The van der Waals surface area contributed by atoms with Crippen molar-refractivity contribution in [2.24, 2.45) is 0 Å². The fraction of sp³-hybridized carbons (Fsp3) is 0.500. The number of aryl methyl sites for hydroxylation is 1. The minimum Gasteiger partial charge on any atom is -0.475 e. The largest absolute Gasteiger partial charge is 0.573 e. The normalized spacial score (nSPS) is 16.8. The Balaban J connectivity index is 2.14. The number of carbonyl (C=O) groups is 2. The standard InChI is InChI=1S/C20H19F6NO10/c1-9-6-13(36-20(24,25)26)7-12-8-14(16(19(21,22)23)35-15(9)12)17(28)33-11(3)34-18(29)32-5-4-10(2)37-27(30)31/h6-8,10-11,16H,4-5H2,1-3H3. The number of esters is 1. The monoisotopic (exact) mass is 547 g/mol. The van der Waals surface area contributed by atoms with Gasteiger partial charge in [-0.15, -0.1) is 23.3 Å². The molecule has 0 radical (unpaired) electrons. The van der Waals surface area contributed by atoms with Crippen LogP contribution in [-0.4, -0.2) is 54.9 Å². The predicted molar refractivity (Wildman–Crippen MR) is 106 cm³/mol. The van der Waals surface area contributed by atoms with Crippen LogP contribution in [-0.2, 0) is 23.8 Å². The molecule has 1 aliphatic rings. The lowest BCUT2D eigenvalue weighted by atomic mass is 9.99. The number of carbonyl (C=O) groups excluding carboxylic acids is 2. The molecule has 3 unspecified atom stereocenters. The van der Waals surface area contributed by atoms with Crippen molar-refractivity contribution in [1.29, 1.82) is 0 Å². The molecule has 0 amide bonds. The molecular formula is C20H19F6NO10. The Morgan fingerprint density at radius 2 is 1.78 bits per heavy atom. The number of halogens is 6. The lowest BCUT2D eigenvalue weighted by Gasteiger charge is -2.29. The van der Waals surface area contributed by atoms with E-state index >= 15 is 0 Å². The van der Waals surface area contributed by atoms with Crippen molar-refractivity contribution in [1.82, 2.24) is 0 Å². The van der Waals surface area contributed by atoms with Gasteiger partial charge in [0.1, 0.15) is 17.6 Å². The van der Waals surface area contributed by atoms with Gasteiger partial charge in [-0.2, -0.15) is 13.2 Å². The van der Waals surface area contributed by atoms with E-state index in [2.05, 4.69) is 23.8 Å². The zero-order chi connectivity index (χ0) is 28.1. The molecule has 1 heterocycles. The third-order valence-corrected chi connectivity index (χ3v) is 4.42. The maximum Gasteiger partial charge on any atom is 0.573 e. The second kappa shape index (κ2) is 11.4. The van der Waals surface area contributed by atoms with Crippen LogP contribution in [0.2, 0.25) is 0 Å². The lowest BCUT2D eigenvalue weighted by molar-refractivity contribution is -0.767. The van der Waals surface area contributed by atoms with Gasteiger partial charge in [-0.05, 0) is 37.6 Å². The second-order valence-electron chi connectivity index (χ2n) is 7.46. The van der Waals surface area contributed by atoms with Crippen LogP contribution < -0.4 is 9.47 Å². The molecule has 0 bridgehead atoms. The van der Waals surface area contributed by atoms with Crippen LogP contribution in [0.5, 0.6) is 11.5 Å². The van der Waals surface area contributed by atoms with Crippen LogP contribution in [0.15, 0.2) is 17.7 Å². The Morgan fingerprint density at radius 3 is 2.35 bits per heavy atom. The zero-order valence-corrected chi connectivity index (χ0v) is 19.2. The van der Waals surface area contributed by atoms with E-state index in [0.29, 0.717) is 6.08 Å². The first kappa shape index (κ1) is 29.3. The molecule has 0 saturated carbocycles. The molecule has 11 nitrogen and oxygen atoms in total. The summed E-state index contributed by atoms with van der Waals surface area (Å²) in [4.78, 5) is 38.5. The number of nitrogens with zero attached hydrogens (tertiary/aromatic N) is 1. The number of benzene rings is 1. The van der Waals surface area contributed by atoms with Gasteiger partial charge in [0, 0.05) is 18.9 Å². The average molecular weight is 547 g/mol. The van der Waals surface area contributed by atoms with Gasteiger partial charge < -0.3 is 28.5 Å². The van der Waals surface area contributed by atoms with Gasteiger partial charge in [-0.3, -0.25) is 0 Å². The van der Waals surface area contributed by atoms with E-state index in [4.69, 9.17) is 4.74 Å². The SMILES string of the molecule is Cc1cc(OC(F)(F)F)cc2c1OC(C(F)(F)F)C(C(=O)OC(C)OC(=O)OCCC(C)O[N+](=O)[O-])=C2. The first-order valence-electron chi connectivity index (χ1n) is 10.2. The predicted octanol–water partition coefficient (Wildman–Crippen LogP) is 4.63. The van der Waals surface area contributed by atoms with E-state index in [9.17, 15) is 46.0 Å². The van der Waals surface area contributed by atoms with E-state index < -0.39 is 71.9 Å². The number of alkyl halides is 6. The molecule has 1 aromatic carbocycles. The number of hydrogen-bond donors (Lipinski definition) is 0. The Labute approximate surface area is 203 Å². The van der Waals surface area contributed by atoms with Crippen LogP contribution in [0.1, 0.15) is 31.4 Å². The lowest BCUT2D eigenvalue weighted by Crippen LogP contribution is -2.41. The Hall–Kier alpha value is -3.92. The maximum absolute atomic E-state index is 13.6. The van der Waals surface area contributed by atoms with E-state index in [1.165, 1.54) is 13.8 Å². The van der Waals surface area contributed by atoms with Crippen LogP contribution in [0.3, 0.4) is 0 Å². The number of fused-ring (bicyclic) bond motifs is 1. The van der Waals surface area contributed by atoms with Gasteiger partial charge in [0.25, 0.3) is 5.09 Å². The molecule has 0 fully saturated rings. The molecule has 0 saturated heterocycles. The Morgan fingerprint density at radius 1 is 1.14 bits per heavy atom. The summed E-state index contributed by atoms with van der Waals surface area (Å²) in [5, 5.41) is 9.14. The summed E-state index contributed by atoms with van der Waals surface area (Å²) in [7, 11) is 0. The van der Waals surface area contributed by atoms with Gasteiger partial charge in [-0.1, -0.05) is 0 Å². The molecule has 0 spiro atoms. The van der Waals surface area contributed by atoms with Gasteiger partial charge in [0.15, 0.2) is 0 Å². The third kappa shape index (κ3) is 8.91. The van der Waals surface area contributed by atoms with Crippen molar-refractivity contribution in [2.45, 2.75) is 58.2 Å². The fourth-order valence-corrected chi connectivity index (χ4v) is 2.98. The second-order valence-corrected chi connectivity index (χ2v) is 7.46. The molecule has 37 heavy (non-hydrogen) atoms. The van der Waals surface area contributed by atoms with Crippen LogP contribution in [0, 0.1) is 17.0 Å². The molecule has 2 rings (SSSR count). The molecule has 17 heteroatoms. The van der Waals surface area contributed by atoms with E-state index in [-0.39, 0.29) is 17.5 Å². The summed E-state index contributed by atoms with van der Waals surface area (Å²) in [5.41, 5.74) is -1.60. The van der Waals surface area contributed by atoms with Gasteiger partial charge in [0.05, 0.1) is 12.2 Å². The highest BCUT2D eigenvalue weighted by Gasteiger charge is 2.49. The summed E-state index contributed by atoms with van der Waals surface area (Å²) >= 11 is 0. The van der Waals surface area contributed by atoms with Crippen LogP contribution in [0.4, 0.5) is 31.1 Å². The number of ether oxygens (including phenoxy) is 5. The minimum atomic E-state index is -5.14. The van der Waals surface area contributed by atoms with Gasteiger partial charge >= 0.3 is 24.7 Å². The molecule has 3 atom stereocenters. The topological polar surface area (TPSA) is 133 Å². The highest BCUT2D eigenvalue weighted by Crippen LogP contribution is 2.41. The van der Waals surface area contributed by atoms with Crippen molar-refractivity contribution < 1.29 is 69.5 Å². The first-order chi connectivity index (χ1) is 17.0. The quantitative estimate of drug-likeness (QED) is 0.142. The van der Waals surface area contributed by atoms with Crippen molar-refractivity contribution in [3.8, 4) is 11.5 Å². The summed E-state index contributed by atoms with van der Waals surface area (Å²) in [5.74, 6) is -2.85. The average Bonchev–Trinajstić information content (AvgIpc) is 2.70. The fourth-order valence-electron chi connectivity index (χ4n) is 2.98. The van der Waals surface area contributed by atoms with Crippen molar-refractivity contribution in [3.63, 3.8) is 0 Å². The molecule has 206 valence electrons. The highest BCUT2D eigenvalue weighted by atomic mass is 19.4. The Kier molecular flexibility index (Phi) is 9.05. The molecule has 0 aliphatic carbocycles. The summed E-state index contributed by atoms with van der Waals surface area (Å²) in [6.07, 6.45) is -16.7. The molecule has 0 N–H and O–H groups in total. The Bertz CT molecular complexity index is 1060. The highest BCUT2D eigenvalue weighted by molar-refractivity contribution is 5.96. The van der Waals surface area contributed by atoms with E-state index in [1.54, 1.807) is 0 Å². The smallest absolute Gasteiger partial charge is 0.475 e. The molecule has 1 aliphatic heterocycles. The molecular weight excluding hydrogens is 528 g/mol. The number of rotatable bonds is 9. The third-order valence-electron chi connectivity index (χ3n) is 4.42. The summed E-state index contributed by atoms with van der Waals surface area (Å²) < 4.78 is 101. The minimum absolute atomic E-state index is 0.111. The van der Waals surface area contributed by atoms with Crippen molar-refractivity contribution in [3.05, 3.63) is 38.9 Å².